The first-order valence-electron chi connectivity index (χ1n) is 9.10. The van der Waals surface area contributed by atoms with Gasteiger partial charge in [0.05, 0.1) is 12.1 Å². The molecule has 2 heterocycles. The summed E-state index contributed by atoms with van der Waals surface area (Å²) in [5.41, 5.74) is 1.07. The summed E-state index contributed by atoms with van der Waals surface area (Å²) in [6.07, 6.45) is 8.49. The van der Waals surface area contributed by atoms with Crippen LogP contribution in [0.3, 0.4) is 0 Å². The second kappa shape index (κ2) is 6.97. The Morgan fingerprint density at radius 2 is 1.67 bits per heavy atom. The standard InChI is InChI=1S/C18H24FN5/c19-15-10-8-14(9-11-15)17(23-12-4-5-13-23)18-20-21-22-24(18)16-6-2-1-3-7-16/h8-11,16-17H,1-7,12-13H2/t17-/m1/s1. The molecule has 1 aromatic heterocycles. The predicted molar refractivity (Wildman–Crippen MR) is 89.0 cm³/mol. The summed E-state index contributed by atoms with van der Waals surface area (Å²) in [6, 6.07) is 7.23. The van der Waals surface area contributed by atoms with Gasteiger partial charge in [-0.3, -0.25) is 4.90 Å². The number of aromatic nitrogens is 4. The van der Waals surface area contributed by atoms with Crippen molar-refractivity contribution in [2.24, 2.45) is 0 Å². The van der Waals surface area contributed by atoms with E-state index in [9.17, 15) is 4.39 Å². The van der Waals surface area contributed by atoms with Gasteiger partial charge in [-0.15, -0.1) is 5.10 Å². The Bertz CT molecular complexity index is 656. The summed E-state index contributed by atoms with van der Waals surface area (Å²) in [6.45, 7) is 2.08. The molecule has 1 aliphatic heterocycles. The zero-order chi connectivity index (χ0) is 16.4. The smallest absolute Gasteiger partial charge is 0.173 e. The second-order valence-corrected chi connectivity index (χ2v) is 6.97. The zero-order valence-electron chi connectivity index (χ0n) is 13.9. The SMILES string of the molecule is Fc1ccc([C@H](c2nnnn2C2CCCCC2)N2CCCC2)cc1. The minimum Gasteiger partial charge on any atom is -0.290 e. The summed E-state index contributed by atoms with van der Waals surface area (Å²) in [5, 5.41) is 12.7. The lowest BCUT2D eigenvalue weighted by Crippen LogP contribution is -2.30. The normalized spacial score (nSPS) is 21.2. The van der Waals surface area contributed by atoms with Gasteiger partial charge < -0.3 is 0 Å². The van der Waals surface area contributed by atoms with Crippen LogP contribution in [0.4, 0.5) is 4.39 Å². The summed E-state index contributed by atoms with van der Waals surface area (Å²) in [5.74, 6) is 0.709. The first-order chi connectivity index (χ1) is 11.8. The molecule has 24 heavy (non-hydrogen) atoms. The Morgan fingerprint density at radius 3 is 2.38 bits per heavy atom. The largest absolute Gasteiger partial charge is 0.290 e. The van der Waals surface area contributed by atoms with Crippen LogP contribution in [-0.4, -0.2) is 38.2 Å². The van der Waals surface area contributed by atoms with Crippen LogP contribution in [0.1, 0.15) is 68.4 Å². The maximum atomic E-state index is 13.4. The highest BCUT2D eigenvalue weighted by Gasteiger charge is 2.32. The van der Waals surface area contributed by atoms with Crippen LogP contribution < -0.4 is 0 Å². The molecule has 0 bridgehead atoms. The van der Waals surface area contributed by atoms with Crippen molar-refractivity contribution in [3.63, 3.8) is 0 Å². The van der Waals surface area contributed by atoms with Crippen LogP contribution in [-0.2, 0) is 0 Å². The molecule has 0 spiro atoms. The number of halogens is 1. The van der Waals surface area contributed by atoms with Gasteiger partial charge in [-0.2, -0.15) is 0 Å². The first kappa shape index (κ1) is 15.7. The van der Waals surface area contributed by atoms with Crippen LogP contribution in [0, 0.1) is 5.82 Å². The molecule has 0 unspecified atom stereocenters. The molecule has 128 valence electrons. The monoisotopic (exact) mass is 329 g/mol. The molecule has 0 radical (unpaired) electrons. The molecule has 4 rings (SSSR count). The third kappa shape index (κ3) is 3.07. The van der Waals surface area contributed by atoms with Gasteiger partial charge in [-0.1, -0.05) is 31.4 Å². The lowest BCUT2D eigenvalue weighted by atomic mass is 9.95. The molecule has 2 aromatic rings. The lowest BCUT2D eigenvalue weighted by Gasteiger charge is -2.29. The van der Waals surface area contributed by atoms with Gasteiger partial charge in [0.1, 0.15) is 5.82 Å². The van der Waals surface area contributed by atoms with Gasteiger partial charge in [0.15, 0.2) is 5.82 Å². The topological polar surface area (TPSA) is 46.8 Å². The van der Waals surface area contributed by atoms with Crippen molar-refractivity contribution < 1.29 is 4.39 Å². The summed E-state index contributed by atoms with van der Waals surface area (Å²) in [4.78, 5) is 2.43. The zero-order valence-corrected chi connectivity index (χ0v) is 13.9. The quantitative estimate of drug-likeness (QED) is 0.861. The number of rotatable bonds is 4. The number of hydrogen-bond acceptors (Lipinski definition) is 4. The number of nitrogens with zero attached hydrogens (tertiary/aromatic N) is 5. The van der Waals surface area contributed by atoms with E-state index in [0.717, 1.165) is 37.3 Å². The van der Waals surface area contributed by atoms with Gasteiger partial charge in [0, 0.05) is 0 Å². The van der Waals surface area contributed by atoms with Crippen molar-refractivity contribution in [2.45, 2.75) is 57.0 Å². The van der Waals surface area contributed by atoms with E-state index in [-0.39, 0.29) is 11.9 Å². The molecule has 1 saturated heterocycles. The van der Waals surface area contributed by atoms with E-state index in [2.05, 4.69) is 20.4 Å². The molecule has 1 saturated carbocycles. The molecular weight excluding hydrogens is 305 g/mol. The van der Waals surface area contributed by atoms with Gasteiger partial charge in [-0.25, -0.2) is 9.07 Å². The first-order valence-corrected chi connectivity index (χ1v) is 9.10. The second-order valence-electron chi connectivity index (χ2n) is 6.97. The Morgan fingerprint density at radius 1 is 0.958 bits per heavy atom. The maximum absolute atomic E-state index is 13.4. The van der Waals surface area contributed by atoms with Crippen molar-refractivity contribution in [3.05, 3.63) is 41.5 Å². The molecule has 2 aliphatic rings. The lowest BCUT2D eigenvalue weighted by molar-refractivity contribution is 0.244. The van der Waals surface area contributed by atoms with Crippen LogP contribution in [0.25, 0.3) is 0 Å². The maximum Gasteiger partial charge on any atom is 0.173 e. The molecule has 0 N–H and O–H groups in total. The highest BCUT2D eigenvalue weighted by molar-refractivity contribution is 5.25. The van der Waals surface area contributed by atoms with Crippen LogP contribution >= 0.6 is 0 Å². The van der Waals surface area contributed by atoms with Crippen molar-refractivity contribution in [1.29, 1.82) is 0 Å². The Balaban J connectivity index is 1.71. The molecule has 1 atom stereocenters. The third-order valence-corrected chi connectivity index (χ3v) is 5.37. The van der Waals surface area contributed by atoms with E-state index in [1.54, 1.807) is 0 Å². The van der Waals surface area contributed by atoms with E-state index in [1.165, 1.54) is 44.2 Å². The minimum atomic E-state index is -0.203. The summed E-state index contributed by atoms with van der Waals surface area (Å²) >= 11 is 0. The fourth-order valence-electron chi connectivity index (χ4n) is 4.13. The summed E-state index contributed by atoms with van der Waals surface area (Å²) in [7, 11) is 0. The highest BCUT2D eigenvalue weighted by Crippen LogP contribution is 2.34. The number of benzene rings is 1. The van der Waals surface area contributed by atoms with Gasteiger partial charge >= 0.3 is 0 Å². The highest BCUT2D eigenvalue weighted by atomic mass is 19.1. The van der Waals surface area contributed by atoms with Crippen molar-refractivity contribution in [2.75, 3.05) is 13.1 Å². The molecule has 6 heteroatoms. The molecule has 1 aliphatic carbocycles. The molecular formula is C18H24FN5. The Hall–Kier alpha value is -1.82. The minimum absolute atomic E-state index is 0.0185. The average molecular weight is 329 g/mol. The third-order valence-electron chi connectivity index (χ3n) is 5.37. The Kier molecular flexibility index (Phi) is 4.56. The molecule has 1 aromatic carbocycles. The van der Waals surface area contributed by atoms with E-state index in [0.29, 0.717) is 6.04 Å². The van der Waals surface area contributed by atoms with E-state index in [1.807, 2.05) is 16.8 Å². The fraction of sp³-hybridized carbons (Fsp3) is 0.611. The average Bonchev–Trinajstić information content (AvgIpc) is 3.30. The van der Waals surface area contributed by atoms with Crippen LogP contribution in [0.2, 0.25) is 0 Å². The summed E-state index contributed by atoms with van der Waals surface area (Å²) < 4.78 is 15.4. The number of likely N-dealkylation sites (tertiary alicyclic amines) is 1. The van der Waals surface area contributed by atoms with Crippen LogP contribution in [0.5, 0.6) is 0 Å². The van der Waals surface area contributed by atoms with Crippen LogP contribution in [0.15, 0.2) is 24.3 Å². The van der Waals surface area contributed by atoms with Crippen molar-refractivity contribution in [3.8, 4) is 0 Å². The number of tetrazole rings is 1. The van der Waals surface area contributed by atoms with Gasteiger partial charge in [0.25, 0.3) is 0 Å². The Labute approximate surface area is 141 Å². The molecule has 0 amide bonds. The van der Waals surface area contributed by atoms with Gasteiger partial charge in [0.2, 0.25) is 0 Å². The van der Waals surface area contributed by atoms with E-state index < -0.39 is 0 Å². The molecule has 2 fully saturated rings. The van der Waals surface area contributed by atoms with Crippen molar-refractivity contribution in [1.82, 2.24) is 25.1 Å². The molecule has 5 nitrogen and oxygen atoms in total. The van der Waals surface area contributed by atoms with E-state index in [4.69, 9.17) is 0 Å². The van der Waals surface area contributed by atoms with E-state index >= 15 is 0 Å². The van der Waals surface area contributed by atoms with Crippen molar-refractivity contribution >= 4 is 0 Å². The van der Waals surface area contributed by atoms with Gasteiger partial charge in [-0.05, 0) is 66.9 Å². The number of hydrogen-bond donors (Lipinski definition) is 0. The fourth-order valence-corrected chi connectivity index (χ4v) is 4.13. The predicted octanol–water partition coefficient (Wildman–Crippen LogP) is 3.50.